The Bertz CT molecular complexity index is 917. The predicted octanol–water partition coefficient (Wildman–Crippen LogP) is 3.06. The van der Waals surface area contributed by atoms with Crippen LogP contribution in [0.5, 0.6) is 0 Å². The Morgan fingerprint density at radius 2 is 2.23 bits per heavy atom. The van der Waals surface area contributed by atoms with Gasteiger partial charge in [0.2, 0.25) is 5.91 Å². The fourth-order valence-electron chi connectivity index (χ4n) is 2.15. The number of aromatic nitrogens is 2. The lowest BCUT2D eigenvalue weighted by atomic mass is 10.2. The summed E-state index contributed by atoms with van der Waals surface area (Å²) in [5, 5.41) is 6.16. The Morgan fingerprint density at radius 3 is 2.95 bits per heavy atom. The molecular formula is C15H12ClN3O2S. The van der Waals surface area contributed by atoms with Crippen LogP contribution in [-0.4, -0.2) is 15.5 Å². The van der Waals surface area contributed by atoms with E-state index >= 15 is 0 Å². The number of carbonyl (C=O) groups is 1. The van der Waals surface area contributed by atoms with E-state index in [1.165, 1.54) is 17.4 Å². The van der Waals surface area contributed by atoms with Crippen LogP contribution in [0, 0.1) is 6.92 Å². The van der Waals surface area contributed by atoms with Gasteiger partial charge in [-0.05, 0) is 25.1 Å². The average molecular weight is 334 g/mol. The van der Waals surface area contributed by atoms with Gasteiger partial charge in [-0.25, -0.2) is 4.98 Å². The van der Waals surface area contributed by atoms with Crippen LogP contribution in [0.25, 0.3) is 10.9 Å². The van der Waals surface area contributed by atoms with Crippen molar-refractivity contribution in [1.29, 1.82) is 0 Å². The molecule has 1 N–H and O–H groups in total. The molecule has 7 heteroatoms. The maximum atomic E-state index is 12.1. The number of fused-ring (bicyclic) bond motifs is 1. The molecule has 0 spiro atoms. The van der Waals surface area contributed by atoms with E-state index in [1.807, 2.05) is 12.3 Å². The lowest BCUT2D eigenvalue weighted by molar-refractivity contribution is -0.116. The zero-order valence-electron chi connectivity index (χ0n) is 11.7. The third-order valence-corrected chi connectivity index (χ3v) is 4.23. The maximum absolute atomic E-state index is 12.1. The quantitative estimate of drug-likeness (QED) is 0.801. The normalized spacial score (nSPS) is 10.8. The molecule has 1 aromatic carbocycles. The minimum Gasteiger partial charge on any atom is -0.338 e. The van der Waals surface area contributed by atoms with Gasteiger partial charge in [0, 0.05) is 28.1 Å². The van der Waals surface area contributed by atoms with E-state index < -0.39 is 0 Å². The summed E-state index contributed by atoms with van der Waals surface area (Å²) in [5.74, 6) is -0.200. The van der Waals surface area contributed by atoms with Gasteiger partial charge in [0.15, 0.2) is 10.6 Å². The fraction of sp³-hybridized carbons (Fsp3) is 0.133. The first-order valence-electron chi connectivity index (χ1n) is 6.53. The molecule has 0 radical (unpaired) electrons. The molecule has 0 atom stereocenters. The van der Waals surface area contributed by atoms with E-state index in [9.17, 15) is 9.59 Å². The van der Waals surface area contributed by atoms with Crippen LogP contribution >= 0.6 is 22.9 Å². The van der Waals surface area contributed by atoms with Crippen molar-refractivity contribution in [2.24, 2.45) is 0 Å². The molecule has 0 bridgehead atoms. The summed E-state index contributed by atoms with van der Waals surface area (Å²) in [5.41, 5.74) is 1.41. The van der Waals surface area contributed by atoms with Crippen molar-refractivity contribution < 1.29 is 4.79 Å². The number of pyridine rings is 1. The number of nitrogens with one attached hydrogen (secondary N) is 1. The maximum Gasteiger partial charge on any atom is 0.246 e. The number of halogens is 1. The average Bonchev–Trinajstić information content (AvgIpc) is 2.87. The Labute approximate surface area is 135 Å². The second-order valence-corrected chi connectivity index (χ2v) is 6.11. The lowest BCUT2D eigenvalue weighted by Gasteiger charge is -2.10. The van der Waals surface area contributed by atoms with Crippen molar-refractivity contribution in [2.75, 3.05) is 5.32 Å². The monoisotopic (exact) mass is 333 g/mol. The number of rotatable bonds is 3. The SMILES string of the molecule is Cc1csc(NC(=O)Cn2ccc(=O)c3cc(Cl)ccc32)n1. The Morgan fingerprint density at radius 1 is 1.41 bits per heavy atom. The van der Waals surface area contributed by atoms with Gasteiger partial charge in [0.05, 0.1) is 11.2 Å². The highest BCUT2D eigenvalue weighted by atomic mass is 35.5. The van der Waals surface area contributed by atoms with E-state index in [2.05, 4.69) is 10.3 Å². The minimum absolute atomic E-state index is 0.0943. The number of hydrogen-bond acceptors (Lipinski definition) is 4. The Kier molecular flexibility index (Phi) is 3.96. The van der Waals surface area contributed by atoms with Crippen LogP contribution in [0.4, 0.5) is 5.13 Å². The molecule has 0 saturated carbocycles. The zero-order valence-corrected chi connectivity index (χ0v) is 13.2. The van der Waals surface area contributed by atoms with Crippen LogP contribution < -0.4 is 10.7 Å². The summed E-state index contributed by atoms with van der Waals surface area (Å²) in [7, 11) is 0. The van der Waals surface area contributed by atoms with Crippen LogP contribution in [0.1, 0.15) is 5.69 Å². The number of aryl methyl sites for hydroxylation is 1. The molecule has 0 unspecified atom stereocenters. The molecule has 3 rings (SSSR count). The van der Waals surface area contributed by atoms with Gasteiger partial charge in [0.25, 0.3) is 0 Å². The smallest absolute Gasteiger partial charge is 0.246 e. The van der Waals surface area contributed by atoms with Crippen molar-refractivity contribution >= 4 is 44.9 Å². The summed E-state index contributed by atoms with van der Waals surface area (Å²) in [6.07, 6.45) is 1.60. The largest absolute Gasteiger partial charge is 0.338 e. The summed E-state index contributed by atoms with van der Waals surface area (Å²) in [6, 6.07) is 6.47. The molecule has 0 saturated heterocycles. The van der Waals surface area contributed by atoms with Crippen LogP contribution in [0.3, 0.4) is 0 Å². The molecular weight excluding hydrogens is 322 g/mol. The molecule has 22 heavy (non-hydrogen) atoms. The minimum atomic E-state index is -0.200. The van der Waals surface area contributed by atoms with Crippen LogP contribution in [-0.2, 0) is 11.3 Å². The number of nitrogens with zero attached hydrogens (tertiary/aromatic N) is 2. The molecule has 0 aliphatic carbocycles. The van der Waals surface area contributed by atoms with Gasteiger partial charge >= 0.3 is 0 Å². The highest BCUT2D eigenvalue weighted by Gasteiger charge is 2.09. The number of benzene rings is 1. The third kappa shape index (κ3) is 3.03. The van der Waals surface area contributed by atoms with Crippen molar-refractivity contribution in [3.63, 3.8) is 0 Å². The zero-order chi connectivity index (χ0) is 15.7. The second kappa shape index (κ2) is 5.90. The van der Waals surface area contributed by atoms with Gasteiger partial charge in [0.1, 0.15) is 6.54 Å². The highest BCUT2D eigenvalue weighted by Crippen LogP contribution is 2.17. The van der Waals surface area contributed by atoms with Gasteiger partial charge in [-0.2, -0.15) is 0 Å². The topological polar surface area (TPSA) is 64.0 Å². The van der Waals surface area contributed by atoms with Gasteiger partial charge in [-0.15, -0.1) is 11.3 Å². The van der Waals surface area contributed by atoms with Crippen molar-refractivity contribution in [2.45, 2.75) is 13.5 Å². The van der Waals surface area contributed by atoms with Crippen molar-refractivity contribution in [1.82, 2.24) is 9.55 Å². The van der Waals surface area contributed by atoms with E-state index in [0.29, 0.717) is 21.1 Å². The predicted molar refractivity (Wildman–Crippen MR) is 88.7 cm³/mol. The molecule has 1 amide bonds. The molecule has 2 heterocycles. The van der Waals surface area contributed by atoms with E-state index in [0.717, 1.165) is 5.69 Å². The van der Waals surface area contributed by atoms with Gasteiger partial charge in [-0.1, -0.05) is 11.6 Å². The second-order valence-electron chi connectivity index (χ2n) is 4.81. The molecule has 2 aromatic heterocycles. The number of anilines is 1. The van der Waals surface area contributed by atoms with Crippen molar-refractivity contribution in [3.05, 3.63) is 56.8 Å². The van der Waals surface area contributed by atoms with E-state index in [1.54, 1.807) is 29.0 Å². The van der Waals surface area contributed by atoms with E-state index in [4.69, 9.17) is 11.6 Å². The number of amides is 1. The number of hydrogen-bond donors (Lipinski definition) is 1. The molecule has 112 valence electrons. The fourth-order valence-corrected chi connectivity index (χ4v) is 3.02. The Balaban J connectivity index is 1.89. The van der Waals surface area contributed by atoms with Gasteiger partial charge < -0.3 is 9.88 Å². The summed E-state index contributed by atoms with van der Waals surface area (Å²) >= 11 is 7.30. The summed E-state index contributed by atoms with van der Waals surface area (Å²) < 4.78 is 1.71. The molecule has 0 aliphatic rings. The first kappa shape index (κ1) is 14.7. The molecule has 0 aliphatic heterocycles. The molecule has 3 aromatic rings. The first-order valence-corrected chi connectivity index (χ1v) is 7.79. The molecule has 5 nitrogen and oxygen atoms in total. The summed E-state index contributed by atoms with van der Waals surface area (Å²) in [4.78, 5) is 28.2. The lowest BCUT2D eigenvalue weighted by Crippen LogP contribution is -2.20. The third-order valence-electron chi connectivity index (χ3n) is 3.12. The van der Waals surface area contributed by atoms with Crippen LogP contribution in [0.15, 0.2) is 40.6 Å². The molecule has 0 fully saturated rings. The first-order chi connectivity index (χ1) is 10.5. The number of thiazole rings is 1. The van der Waals surface area contributed by atoms with E-state index in [-0.39, 0.29) is 17.9 Å². The summed E-state index contributed by atoms with van der Waals surface area (Å²) in [6.45, 7) is 1.96. The standard InChI is InChI=1S/C15H12ClN3O2S/c1-9-8-22-15(17-9)18-14(21)7-19-5-4-13(20)11-6-10(16)2-3-12(11)19/h2-6,8H,7H2,1H3,(H,17,18,21). The Hall–Kier alpha value is -2.18. The van der Waals surface area contributed by atoms with Crippen molar-refractivity contribution in [3.8, 4) is 0 Å². The number of carbonyl (C=O) groups excluding carboxylic acids is 1. The van der Waals surface area contributed by atoms with Crippen LogP contribution in [0.2, 0.25) is 5.02 Å². The van der Waals surface area contributed by atoms with Gasteiger partial charge in [-0.3, -0.25) is 9.59 Å². The highest BCUT2D eigenvalue weighted by molar-refractivity contribution is 7.13.